The summed E-state index contributed by atoms with van der Waals surface area (Å²) in [5.41, 5.74) is 1.35. The maximum absolute atomic E-state index is 4.25. The molecule has 0 amide bonds. The number of halogens is 1. The highest BCUT2D eigenvalue weighted by molar-refractivity contribution is 9.10. The van der Waals surface area contributed by atoms with Crippen LogP contribution in [0, 0.1) is 5.92 Å². The van der Waals surface area contributed by atoms with E-state index in [4.69, 9.17) is 0 Å². The van der Waals surface area contributed by atoms with Crippen LogP contribution in [0.1, 0.15) is 12.1 Å². The third kappa shape index (κ3) is 1.79. The summed E-state index contributed by atoms with van der Waals surface area (Å²) in [6, 6.07) is 0. The van der Waals surface area contributed by atoms with Gasteiger partial charge in [-0.1, -0.05) is 0 Å². The lowest BCUT2D eigenvalue weighted by atomic mass is 9.96. The van der Waals surface area contributed by atoms with Crippen LogP contribution in [0.3, 0.4) is 0 Å². The third-order valence-electron chi connectivity index (χ3n) is 2.65. The van der Waals surface area contributed by atoms with Crippen LogP contribution in [0.2, 0.25) is 0 Å². The highest BCUT2D eigenvalue weighted by atomic mass is 79.9. The minimum Gasteiger partial charge on any atom is -0.333 e. The topological polar surface area (TPSA) is 29.9 Å². The quantitative estimate of drug-likeness (QED) is 0.852. The first kappa shape index (κ1) is 9.21. The maximum atomic E-state index is 4.25. The molecule has 0 fully saturated rings. The van der Waals surface area contributed by atoms with E-state index in [0.717, 1.165) is 30.0 Å². The molecular formula is C9H14BrN3. The molecule has 0 bridgehead atoms. The van der Waals surface area contributed by atoms with Gasteiger partial charge in [0.25, 0.3) is 0 Å². The zero-order valence-electron chi connectivity index (χ0n) is 7.76. The molecule has 1 unspecified atom stereocenters. The maximum Gasteiger partial charge on any atom is 0.127 e. The molecule has 4 heteroatoms. The molecule has 0 aromatic carbocycles. The van der Waals surface area contributed by atoms with Crippen LogP contribution in [0.4, 0.5) is 0 Å². The van der Waals surface area contributed by atoms with E-state index < -0.39 is 0 Å². The predicted octanol–water partition coefficient (Wildman–Crippen LogP) is 1.43. The zero-order chi connectivity index (χ0) is 9.26. The number of nitrogens with one attached hydrogen (secondary N) is 1. The molecule has 1 atom stereocenters. The lowest BCUT2D eigenvalue weighted by molar-refractivity contribution is 0.377. The third-order valence-corrected chi connectivity index (χ3v) is 3.31. The van der Waals surface area contributed by atoms with Gasteiger partial charge >= 0.3 is 0 Å². The number of nitrogens with zero attached hydrogens (tertiary/aromatic N) is 2. The predicted molar refractivity (Wildman–Crippen MR) is 55.7 cm³/mol. The van der Waals surface area contributed by atoms with Crippen molar-refractivity contribution >= 4 is 15.9 Å². The van der Waals surface area contributed by atoms with Crippen LogP contribution in [-0.4, -0.2) is 23.1 Å². The molecule has 72 valence electrons. The molecule has 1 N–H and O–H groups in total. The van der Waals surface area contributed by atoms with Gasteiger partial charge in [0.05, 0.1) is 12.0 Å². The minimum atomic E-state index is 0.769. The Hall–Kier alpha value is -0.350. The summed E-state index contributed by atoms with van der Waals surface area (Å²) in [7, 11) is 2.01. The Balaban J connectivity index is 2.13. The largest absolute Gasteiger partial charge is 0.333 e. The molecule has 0 spiro atoms. The first-order chi connectivity index (χ1) is 6.31. The molecule has 2 rings (SSSR count). The van der Waals surface area contributed by atoms with Gasteiger partial charge in [0.1, 0.15) is 4.60 Å². The summed E-state index contributed by atoms with van der Waals surface area (Å²) in [6.07, 6.45) is 4.33. The van der Waals surface area contributed by atoms with Gasteiger partial charge < -0.3 is 9.88 Å². The highest BCUT2D eigenvalue weighted by Gasteiger charge is 2.20. The van der Waals surface area contributed by atoms with Crippen LogP contribution in [0.15, 0.2) is 10.9 Å². The van der Waals surface area contributed by atoms with E-state index in [1.165, 1.54) is 12.1 Å². The standard InChI is InChI=1S/C9H14BrN3/c1-11-5-7-2-3-13-6-12-9(10)8(13)4-7/h6-7,11H,2-5H2,1H3. The van der Waals surface area contributed by atoms with Crippen molar-refractivity contribution in [1.82, 2.24) is 14.9 Å². The Morgan fingerprint density at radius 3 is 3.38 bits per heavy atom. The van der Waals surface area contributed by atoms with Crippen molar-refractivity contribution in [2.45, 2.75) is 19.4 Å². The second-order valence-corrected chi connectivity index (χ2v) is 4.34. The minimum absolute atomic E-state index is 0.769. The van der Waals surface area contributed by atoms with Crippen molar-refractivity contribution in [1.29, 1.82) is 0 Å². The van der Waals surface area contributed by atoms with Crippen molar-refractivity contribution in [3.63, 3.8) is 0 Å². The fourth-order valence-corrected chi connectivity index (χ4v) is 2.42. The van der Waals surface area contributed by atoms with Crippen molar-refractivity contribution < 1.29 is 0 Å². The van der Waals surface area contributed by atoms with E-state index in [2.05, 4.69) is 30.8 Å². The van der Waals surface area contributed by atoms with Crippen molar-refractivity contribution in [2.75, 3.05) is 13.6 Å². The molecule has 2 heterocycles. The molecule has 1 aromatic rings. The lowest BCUT2D eigenvalue weighted by Crippen LogP contribution is -2.26. The molecule has 1 aliphatic rings. The molecule has 0 saturated heterocycles. The molecule has 1 aliphatic heterocycles. The van der Waals surface area contributed by atoms with Crippen molar-refractivity contribution in [3.05, 3.63) is 16.6 Å². The second-order valence-electron chi connectivity index (χ2n) is 3.59. The molecule has 3 nitrogen and oxygen atoms in total. The fraction of sp³-hybridized carbons (Fsp3) is 0.667. The summed E-state index contributed by atoms with van der Waals surface area (Å²) < 4.78 is 3.27. The SMILES string of the molecule is CNCC1CCn2cnc(Br)c2C1. The van der Waals surface area contributed by atoms with E-state index >= 15 is 0 Å². The zero-order valence-corrected chi connectivity index (χ0v) is 9.34. The number of fused-ring (bicyclic) bond motifs is 1. The van der Waals surface area contributed by atoms with Gasteiger partial charge in [0.2, 0.25) is 0 Å². The van der Waals surface area contributed by atoms with Crippen LogP contribution in [0.25, 0.3) is 0 Å². The van der Waals surface area contributed by atoms with E-state index in [9.17, 15) is 0 Å². The monoisotopic (exact) mass is 243 g/mol. The van der Waals surface area contributed by atoms with E-state index in [-0.39, 0.29) is 0 Å². The van der Waals surface area contributed by atoms with E-state index in [1.807, 2.05) is 13.4 Å². The second kappa shape index (κ2) is 3.80. The van der Waals surface area contributed by atoms with Crippen molar-refractivity contribution in [3.8, 4) is 0 Å². The first-order valence-electron chi connectivity index (χ1n) is 4.65. The molecule has 1 aromatic heterocycles. The smallest absolute Gasteiger partial charge is 0.127 e. The van der Waals surface area contributed by atoms with Crippen molar-refractivity contribution in [2.24, 2.45) is 5.92 Å². The number of hydrogen-bond acceptors (Lipinski definition) is 2. The van der Waals surface area contributed by atoms with Crippen LogP contribution >= 0.6 is 15.9 Å². The average Bonchev–Trinajstić information content (AvgIpc) is 2.49. The van der Waals surface area contributed by atoms with Gasteiger partial charge in [-0.3, -0.25) is 0 Å². The summed E-state index contributed by atoms with van der Waals surface area (Å²) in [6.45, 7) is 2.22. The Morgan fingerprint density at radius 2 is 2.62 bits per heavy atom. The number of imidazole rings is 1. The van der Waals surface area contributed by atoms with Gasteiger partial charge in [0, 0.05) is 6.54 Å². The summed E-state index contributed by atoms with van der Waals surface area (Å²) in [5, 5.41) is 3.23. The summed E-state index contributed by atoms with van der Waals surface area (Å²) in [4.78, 5) is 4.25. The molecule has 13 heavy (non-hydrogen) atoms. The Morgan fingerprint density at radius 1 is 1.77 bits per heavy atom. The molecule has 0 radical (unpaired) electrons. The lowest BCUT2D eigenvalue weighted by Gasteiger charge is -2.23. The van der Waals surface area contributed by atoms with Gasteiger partial charge in [-0.2, -0.15) is 0 Å². The molecular weight excluding hydrogens is 230 g/mol. The Kier molecular flexibility index (Phi) is 2.69. The van der Waals surface area contributed by atoms with Gasteiger partial charge in [-0.25, -0.2) is 4.98 Å². The molecule has 0 saturated carbocycles. The van der Waals surface area contributed by atoms with E-state index in [1.54, 1.807) is 0 Å². The summed E-state index contributed by atoms with van der Waals surface area (Å²) >= 11 is 3.48. The average molecular weight is 244 g/mol. The summed E-state index contributed by atoms with van der Waals surface area (Å²) in [5.74, 6) is 0.769. The highest BCUT2D eigenvalue weighted by Crippen LogP contribution is 2.25. The number of rotatable bonds is 2. The van der Waals surface area contributed by atoms with Gasteiger partial charge in [-0.15, -0.1) is 0 Å². The van der Waals surface area contributed by atoms with Crippen LogP contribution in [-0.2, 0) is 13.0 Å². The fourth-order valence-electron chi connectivity index (χ4n) is 1.94. The normalized spacial score (nSPS) is 21.5. The van der Waals surface area contributed by atoms with Gasteiger partial charge in [-0.05, 0) is 48.3 Å². The Bertz CT molecular complexity index is 295. The number of aryl methyl sites for hydroxylation is 1. The van der Waals surface area contributed by atoms with Crippen LogP contribution < -0.4 is 5.32 Å². The number of hydrogen-bond donors (Lipinski definition) is 1. The van der Waals surface area contributed by atoms with E-state index in [0.29, 0.717) is 0 Å². The number of aromatic nitrogens is 2. The van der Waals surface area contributed by atoms with Crippen LogP contribution in [0.5, 0.6) is 0 Å². The molecule has 0 aliphatic carbocycles. The Labute approximate surface area is 86.7 Å². The first-order valence-corrected chi connectivity index (χ1v) is 5.44. The van der Waals surface area contributed by atoms with Gasteiger partial charge in [0.15, 0.2) is 0 Å².